The van der Waals surface area contributed by atoms with E-state index >= 15 is 0 Å². The summed E-state index contributed by atoms with van der Waals surface area (Å²) in [5, 5.41) is 20.7. The minimum atomic E-state index is -0.873. The number of fused-ring (bicyclic) bond motifs is 1. The van der Waals surface area contributed by atoms with Gasteiger partial charge >= 0.3 is 0 Å². The number of rotatable bonds is 7. The van der Waals surface area contributed by atoms with Crippen LogP contribution in [0.5, 0.6) is 5.75 Å². The summed E-state index contributed by atoms with van der Waals surface area (Å²) >= 11 is 0. The summed E-state index contributed by atoms with van der Waals surface area (Å²) in [7, 11) is 0. The van der Waals surface area contributed by atoms with Gasteiger partial charge in [-0.1, -0.05) is 31.2 Å². The second kappa shape index (κ2) is 9.43. The molecule has 6 heteroatoms. The molecule has 1 saturated heterocycles. The summed E-state index contributed by atoms with van der Waals surface area (Å²) < 4.78 is 5.52. The number of aliphatic hydroxyl groups excluding tert-OH is 2. The zero-order chi connectivity index (χ0) is 20.9. The van der Waals surface area contributed by atoms with Gasteiger partial charge in [0, 0.05) is 37.1 Å². The van der Waals surface area contributed by atoms with Crippen molar-refractivity contribution in [3.63, 3.8) is 0 Å². The van der Waals surface area contributed by atoms with Crippen molar-refractivity contribution in [2.75, 3.05) is 50.8 Å². The Bertz CT molecular complexity index is 969. The lowest BCUT2D eigenvalue weighted by Gasteiger charge is -2.35. The summed E-state index contributed by atoms with van der Waals surface area (Å²) in [6, 6.07) is 18.3. The van der Waals surface area contributed by atoms with Crippen LogP contribution in [0.25, 0.3) is 22.0 Å². The molecule has 2 N–H and O–H groups in total. The molecular weight excluding hydrogens is 378 g/mol. The molecular formula is C24H29N3O3. The minimum Gasteiger partial charge on any atom is -0.491 e. The van der Waals surface area contributed by atoms with Gasteiger partial charge in [0.15, 0.2) is 0 Å². The van der Waals surface area contributed by atoms with Crippen molar-refractivity contribution in [1.29, 1.82) is 0 Å². The number of nitrogens with zero attached hydrogens (tertiary/aromatic N) is 3. The second-order valence-electron chi connectivity index (χ2n) is 7.65. The largest absolute Gasteiger partial charge is 0.491 e. The molecule has 1 aromatic heterocycles. The van der Waals surface area contributed by atoms with Gasteiger partial charge in [0.2, 0.25) is 0 Å². The number of hydrogen-bond acceptors (Lipinski definition) is 6. The summed E-state index contributed by atoms with van der Waals surface area (Å²) in [5.41, 5.74) is 1.95. The number of aliphatic hydroxyl groups is 2. The number of anilines is 1. The van der Waals surface area contributed by atoms with E-state index in [0.29, 0.717) is 5.75 Å². The predicted molar refractivity (Wildman–Crippen MR) is 120 cm³/mol. The minimum absolute atomic E-state index is 0.0674. The molecule has 0 radical (unpaired) electrons. The van der Waals surface area contributed by atoms with Gasteiger partial charge in [-0.05, 0) is 42.3 Å². The highest BCUT2D eigenvalue weighted by atomic mass is 16.5. The Morgan fingerprint density at radius 2 is 1.77 bits per heavy atom. The normalized spacial score (nSPS) is 16.0. The smallest absolute Gasteiger partial charge is 0.137 e. The van der Waals surface area contributed by atoms with Crippen LogP contribution in [0, 0.1) is 0 Å². The van der Waals surface area contributed by atoms with Crippen LogP contribution in [0.3, 0.4) is 0 Å². The third-order valence-corrected chi connectivity index (χ3v) is 5.64. The second-order valence-corrected chi connectivity index (χ2v) is 7.65. The molecule has 6 nitrogen and oxygen atoms in total. The molecule has 2 aromatic carbocycles. The fourth-order valence-electron chi connectivity index (χ4n) is 3.81. The van der Waals surface area contributed by atoms with Gasteiger partial charge < -0.3 is 24.7 Å². The van der Waals surface area contributed by atoms with E-state index in [1.54, 1.807) is 0 Å². The number of aromatic nitrogens is 1. The van der Waals surface area contributed by atoms with E-state index < -0.39 is 6.10 Å². The van der Waals surface area contributed by atoms with E-state index in [1.165, 1.54) is 10.8 Å². The van der Waals surface area contributed by atoms with Crippen LogP contribution in [0.1, 0.15) is 6.92 Å². The molecule has 30 heavy (non-hydrogen) atoms. The molecule has 1 atom stereocenters. The van der Waals surface area contributed by atoms with Crippen LogP contribution >= 0.6 is 0 Å². The summed E-state index contributed by atoms with van der Waals surface area (Å²) in [6.45, 7) is 7.13. The van der Waals surface area contributed by atoms with Gasteiger partial charge in [-0.25, -0.2) is 4.98 Å². The SMILES string of the molecule is CCN1CCN(c2nc(-c3ccc(OCC(O)CO)cc3)cc3ccccc23)CC1. The maximum atomic E-state index is 9.45. The van der Waals surface area contributed by atoms with Gasteiger partial charge in [-0.15, -0.1) is 0 Å². The average Bonchev–Trinajstić information content (AvgIpc) is 2.82. The van der Waals surface area contributed by atoms with Crippen molar-refractivity contribution >= 4 is 16.6 Å². The summed E-state index contributed by atoms with van der Waals surface area (Å²) in [6.07, 6.45) is -0.873. The monoisotopic (exact) mass is 407 g/mol. The highest BCUT2D eigenvalue weighted by Gasteiger charge is 2.19. The van der Waals surface area contributed by atoms with E-state index in [2.05, 4.69) is 47.1 Å². The first kappa shape index (κ1) is 20.6. The highest BCUT2D eigenvalue weighted by Crippen LogP contribution is 2.31. The van der Waals surface area contributed by atoms with Crippen LogP contribution in [-0.4, -0.2) is 72.1 Å². The Morgan fingerprint density at radius 1 is 1.03 bits per heavy atom. The zero-order valence-corrected chi connectivity index (χ0v) is 17.4. The lowest BCUT2D eigenvalue weighted by molar-refractivity contribution is 0.0536. The van der Waals surface area contributed by atoms with Crippen molar-refractivity contribution in [3.8, 4) is 17.0 Å². The van der Waals surface area contributed by atoms with Crippen LogP contribution in [0.4, 0.5) is 5.82 Å². The van der Waals surface area contributed by atoms with E-state index in [9.17, 15) is 5.11 Å². The first-order valence-corrected chi connectivity index (χ1v) is 10.6. The summed E-state index contributed by atoms with van der Waals surface area (Å²) in [5.74, 6) is 1.70. The van der Waals surface area contributed by atoms with Crippen molar-refractivity contribution in [1.82, 2.24) is 9.88 Å². The lowest BCUT2D eigenvalue weighted by atomic mass is 10.1. The van der Waals surface area contributed by atoms with Crippen molar-refractivity contribution in [3.05, 3.63) is 54.6 Å². The van der Waals surface area contributed by atoms with Gasteiger partial charge in [0.25, 0.3) is 0 Å². The Morgan fingerprint density at radius 3 is 2.47 bits per heavy atom. The lowest BCUT2D eigenvalue weighted by Crippen LogP contribution is -2.46. The maximum absolute atomic E-state index is 9.45. The van der Waals surface area contributed by atoms with Crippen LogP contribution < -0.4 is 9.64 Å². The van der Waals surface area contributed by atoms with Crippen LogP contribution in [0.2, 0.25) is 0 Å². The molecule has 0 saturated carbocycles. The Balaban J connectivity index is 1.62. The number of piperazine rings is 1. The Labute approximate surface area is 177 Å². The average molecular weight is 408 g/mol. The fourth-order valence-corrected chi connectivity index (χ4v) is 3.81. The van der Waals surface area contributed by atoms with Crippen LogP contribution in [0.15, 0.2) is 54.6 Å². The van der Waals surface area contributed by atoms with E-state index in [-0.39, 0.29) is 13.2 Å². The highest BCUT2D eigenvalue weighted by molar-refractivity contribution is 5.95. The number of hydrogen-bond donors (Lipinski definition) is 2. The molecule has 2 heterocycles. The molecule has 0 aliphatic carbocycles. The molecule has 1 aliphatic rings. The van der Waals surface area contributed by atoms with Gasteiger partial charge in [0.05, 0.1) is 12.3 Å². The first-order chi connectivity index (χ1) is 14.7. The molecule has 158 valence electrons. The molecule has 0 amide bonds. The molecule has 1 aliphatic heterocycles. The van der Waals surface area contributed by atoms with Crippen LogP contribution in [-0.2, 0) is 0 Å². The van der Waals surface area contributed by atoms with E-state index in [1.807, 2.05) is 24.3 Å². The Kier molecular flexibility index (Phi) is 6.47. The number of benzene rings is 2. The standard InChI is InChI=1S/C24H29N3O3/c1-2-26-11-13-27(14-12-26)24-22-6-4-3-5-19(22)15-23(25-24)18-7-9-21(10-8-18)30-17-20(29)16-28/h3-10,15,20,28-29H,2,11-14,16-17H2,1H3. The maximum Gasteiger partial charge on any atom is 0.137 e. The molecule has 4 rings (SSSR count). The van der Waals surface area contributed by atoms with Gasteiger partial charge in [0.1, 0.15) is 24.3 Å². The van der Waals surface area contributed by atoms with Crippen molar-refractivity contribution in [2.45, 2.75) is 13.0 Å². The van der Waals surface area contributed by atoms with Crippen molar-refractivity contribution in [2.24, 2.45) is 0 Å². The Hall–Kier alpha value is -2.67. The molecule has 0 bridgehead atoms. The van der Waals surface area contributed by atoms with E-state index in [4.69, 9.17) is 14.8 Å². The van der Waals surface area contributed by atoms with Gasteiger partial charge in [-0.3, -0.25) is 0 Å². The van der Waals surface area contributed by atoms with Crippen molar-refractivity contribution < 1.29 is 14.9 Å². The summed E-state index contributed by atoms with van der Waals surface area (Å²) in [4.78, 5) is 9.92. The fraction of sp³-hybridized carbons (Fsp3) is 0.375. The molecule has 1 unspecified atom stereocenters. The molecule has 3 aromatic rings. The first-order valence-electron chi connectivity index (χ1n) is 10.6. The topological polar surface area (TPSA) is 69.1 Å². The molecule has 0 spiro atoms. The predicted octanol–water partition coefficient (Wildman–Crippen LogP) is 2.78. The quantitative estimate of drug-likeness (QED) is 0.628. The number of likely N-dealkylation sites (N-methyl/N-ethyl adjacent to an activating group) is 1. The third-order valence-electron chi connectivity index (χ3n) is 5.64. The van der Waals surface area contributed by atoms with Gasteiger partial charge in [-0.2, -0.15) is 0 Å². The van der Waals surface area contributed by atoms with E-state index in [0.717, 1.165) is 49.8 Å². The zero-order valence-electron chi connectivity index (χ0n) is 17.4. The third kappa shape index (κ3) is 4.56. The number of ether oxygens (including phenoxy) is 1. The molecule has 1 fully saturated rings. The number of pyridine rings is 1.